The second-order valence-corrected chi connectivity index (χ2v) is 3.12. The Hall–Kier alpha value is -1.56. The van der Waals surface area contributed by atoms with Crippen LogP contribution in [0.3, 0.4) is 0 Å². The van der Waals surface area contributed by atoms with Crippen LogP contribution in [0.5, 0.6) is 0 Å². The smallest absolute Gasteiger partial charge is 0.123 e. The molecular weight excluding hydrogens is 179 g/mol. The summed E-state index contributed by atoms with van der Waals surface area (Å²) in [5.74, 6) is -0.264. The lowest BCUT2D eigenvalue weighted by atomic mass is 10.2. The molecule has 0 saturated heterocycles. The molecule has 0 bridgehead atoms. The molecule has 0 radical (unpaired) electrons. The minimum Gasteiger partial charge on any atom is -0.370 e. The molecule has 14 heavy (non-hydrogen) atoms. The van der Waals surface area contributed by atoms with Crippen molar-refractivity contribution in [2.24, 2.45) is 0 Å². The van der Waals surface area contributed by atoms with E-state index in [0.717, 1.165) is 18.5 Å². The van der Waals surface area contributed by atoms with Gasteiger partial charge in [0.1, 0.15) is 11.9 Å². The zero-order chi connectivity index (χ0) is 10.4. The highest BCUT2D eigenvalue weighted by Gasteiger charge is 2.04. The molecule has 1 rings (SSSR count). The van der Waals surface area contributed by atoms with Crippen LogP contribution in [0.15, 0.2) is 24.3 Å². The van der Waals surface area contributed by atoms with Crippen molar-refractivity contribution in [2.45, 2.75) is 25.8 Å². The van der Waals surface area contributed by atoms with E-state index in [0.29, 0.717) is 0 Å². The third kappa shape index (κ3) is 3.06. The summed E-state index contributed by atoms with van der Waals surface area (Å²) in [4.78, 5) is 0. The topological polar surface area (TPSA) is 35.8 Å². The van der Waals surface area contributed by atoms with Gasteiger partial charge >= 0.3 is 0 Å². The van der Waals surface area contributed by atoms with Crippen molar-refractivity contribution in [3.05, 3.63) is 30.1 Å². The zero-order valence-electron chi connectivity index (χ0n) is 8.13. The number of benzene rings is 1. The Balaban J connectivity index is 2.59. The molecule has 1 aromatic rings. The van der Waals surface area contributed by atoms with Crippen LogP contribution in [0.25, 0.3) is 0 Å². The Labute approximate surface area is 83.4 Å². The molecule has 2 nitrogen and oxygen atoms in total. The van der Waals surface area contributed by atoms with Crippen molar-refractivity contribution < 1.29 is 4.39 Å². The summed E-state index contributed by atoms with van der Waals surface area (Å²) >= 11 is 0. The minimum absolute atomic E-state index is 0.189. The van der Waals surface area contributed by atoms with Crippen molar-refractivity contribution in [1.82, 2.24) is 0 Å². The second kappa shape index (κ2) is 5.23. The summed E-state index contributed by atoms with van der Waals surface area (Å²) < 4.78 is 12.6. The van der Waals surface area contributed by atoms with Gasteiger partial charge in [0.25, 0.3) is 0 Å². The molecule has 1 atom stereocenters. The van der Waals surface area contributed by atoms with Crippen LogP contribution in [-0.2, 0) is 0 Å². The highest BCUT2D eigenvalue weighted by molar-refractivity contribution is 5.44. The fourth-order valence-electron chi connectivity index (χ4n) is 1.20. The van der Waals surface area contributed by atoms with Gasteiger partial charge in [0.05, 0.1) is 6.07 Å². The molecule has 0 amide bonds. The predicted molar refractivity (Wildman–Crippen MR) is 54.3 cm³/mol. The molecule has 1 unspecified atom stereocenters. The normalized spacial score (nSPS) is 11.8. The quantitative estimate of drug-likeness (QED) is 0.796. The molecule has 0 aliphatic carbocycles. The van der Waals surface area contributed by atoms with Gasteiger partial charge < -0.3 is 5.32 Å². The summed E-state index contributed by atoms with van der Waals surface area (Å²) in [7, 11) is 0. The Morgan fingerprint density at radius 2 is 2.07 bits per heavy atom. The van der Waals surface area contributed by atoms with E-state index in [1.54, 1.807) is 12.1 Å². The van der Waals surface area contributed by atoms with E-state index in [1.807, 2.05) is 6.92 Å². The molecule has 0 aliphatic rings. The van der Waals surface area contributed by atoms with E-state index >= 15 is 0 Å². The minimum atomic E-state index is -0.264. The first kappa shape index (κ1) is 10.5. The average Bonchev–Trinajstić information content (AvgIpc) is 2.20. The summed E-state index contributed by atoms with van der Waals surface area (Å²) in [5, 5.41) is 11.8. The van der Waals surface area contributed by atoms with Gasteiger partial charge in [-0.25, -0.2) is 4.39 Å². The highest BCUT2D eigenvalue weighted by Crippen LogP contribution is 2.11. The Morgan fingerprint density at radius 3 is 2.57 bits per heavy atom. The Morgan fingerprint density at radius 1 is 1.43 bits per heavy atom. The van der Waals surface area contributed by atoms with Gasteiger partial charge in [-0.2, -0.15) is 5.26 Å². The molecule has 0 fully saturated rings. The lowest BCUT2D eigenvalue weighted by molar-refractivity contribution is 0.628. The van der Waals surface area contributed by atoms with Crippen LogP contribution in [0.1, 0.15) is 19.8 Å². The molecule has 1 N–H and O–H groups in total. The molecule has 0 aliphatic heterocycles. The van der Waals surface area contributed by atoms with Crippen LogP contribution in [0.4, 0.5) is 10.1 Å². The molecule has 0 aromatic heterocycles. The fraction of sp³-hybridized carbons (Fsp3) is 0.364. The molecule has 3 heteroatoms. The number of halogens is 1. The fourth-order valence-corrected chi connectivity index (χ4v) is 1.20. The van der Waals surface area contributed by atoms with Gasteiger partial charge in [0, 0.05) is 5.69 Å². The first-order valence-corrected chi connectivity index (χ1v) is 4.68. The van der Waals surface area contributed by atoms with Crippen molar-refractivity contribution in [1.29, 1.82) is 5.26 Å². The molecule has 0 heterocycles. The molecule has 74 valence electrons. The largest absolute Gasteiger partial charge is 0.370 e. The monoisotopic (exact) mass is 192 g/mol. The maximum atomic E-state index is 12.6. The number of nitrogens with one attached hydrogen (secondary N) is 1. The van der Waals surface area contributed by atoms with Crippen molar-refractivity contribution >= 4 is 5.69 Å². The molecular formula is C11H13FN2. The van der Waals surface area contributed by atoms with Crippen LogP contribution < -0.4 is 5.32 Å². The van der Waals surface area contributed by atoms with Gasteiger partial charge in [-0.15, -0.1) is 0 Å². The summed E-state index contributed by atoms with van der Waals surface area (Å²) in [5.41, 5.74) is 0.784. The summed E-state index contributed by atoms with van der Waals surface area (Å²) in [6.07, 6.45) is 1.75. The van der Waals surface area contributed by atoms with Gasteiger partial charge in [0.15, 0.2) is 0 Å². The van der Waals surface area contributed by atoms with Crippen LogP contribution in [0.2, 0.25) is 0 Å². The van der Waals surface area contributed by atoms with E-state index in [1.165, 1.54) is 12.1 Å². The molecule has 0 spiro atoms. The van der Waals surface area contributed by atoms with E-state index in [9.17, 15) is 4.39 Å². The van der Waals surface area contributed by atoms with Crippen LogP contribution in [0, 0.1) is 17.1 Å². The number of nitrogens with zero attached hydrogens (tertiary/aromatic N) is 1. The Bertz CT molecular complexity index is 313. The summed E-state index contributed by atoms with van der Waals surface area (Å²) in [6.45, 7) is 2.02. The lowest BCUT2D eigenvalue weighted by Gasteiger charge is -2.11. The van der Waals surface area contributed by atoms with Gasteiger partial charge in [-0.05, 0) is 30.7 Å². The molecule has 0 saturated carbocycles. The van der Waals surface area contributed by atoms with Gasteiger partial charge in [0.2, 0.25) is 0 Å². The highest BCUT2D eigenvalue weighted by atomic mass is 19.1. The molecule has 1 aromatic carbocycles. The zero-order valence-corrected chi connectivity index (χ0v) is 8.13. The van der Waals surface area contributed by atoms with Crippen molar-refractivity contribution in [2.75, 3.05) is 5.32 Å². The van der Waals surface area contributed by atoms with E-state index in [4.69, 9.17) is 5.26 Å². The van der Waals surface area contributed by atoms with Crippen molar-refractivity contribution in [3.8, 4) is 6.07 Å². The third-order valence-corrected chi connectivity index (χ3v) is 1.92. The van der Waals surface area contributed by atoms with Gasteiger partial charge in [-0.3, -0.25) is 0 Å². The number of nitriles is 1. The lowest BCUT2D eigenvalue weighted by Crippen LogP contribution is -2.16. The van der Waals surface area contributed by atoms with E-state index in [2.05, 4.69) is 11.4 Å². The maximum Gasteiger partial charge on any atom is 0.123 e. The maximum absolute atomic E-state index is 12.6. The van der Waals surface area contributed by atoms with E-state index < -0.39 is 0 Å². The van der Waals surface area contributed by atoms with E-state index in [-0.39, 0.29) is 11.9 Å². The van der Waals surface area contributed by atoms with Crippen molar-refractivity contribution in [3.63, 3.8) is 0 Å². The first-order chi connectivity index (χ1) is 6.76. The van der Waals surface area contributed by atoms with Crippen LogP contribution >= 0.6 is 0 Å². The third-order valence-electron chi connectivity index (χ3n) is 1.92. The second-order valence-electron chi connectivity index (χ2n) is 3.12. The number of anilines is 1. The predicted octanol–water partition coefficient (Wildman–Crippen LogP) is 2.93. The standard InChI is InChI=1S/C11H13FN2/c1-2-3-11(8-13)14-10-6-4-9(12)5-7-10/h4-7,11,14H,2-3H2,1H3. The first-order valence-electron chi connectivity index (χ1n) is 4.68. The summed E-state index contributed by atoms with van der Waals surface area (Å²) in [6, 6.07) is 8.00. The SMILES string of the molecule is CCCC(C#N)Nc1ccc(F)cc1. The average molecular weight is 192 g/mol. The number of rotatable bonds is 4. The Kier molecular flexibility index (Phi) is 3.93. The van der Waals surface area contributed by atoms with Crippen LogP contribution in [-0.4, -0.2) is 6.04 Å². The number of hydrogen-bond donors (Lipinski definition) is 1. The van der Waals surface area contributed by atoms with Gasteiger partial charge in [-0.1, -0.05) is 13.3 Å². The number of hydrogen-bond acceptors (Lipinski definition) is 2.